The largest absolute Gasteiger partial charge is 0.417 e. The van der Waals surface area contributed by atoms with Crippen molar-refractivity contribution in [3.63, 3.8) is 0 Å². The van der Waals surface area contributed by atoms with Crippen molar-refractivity contribution >= 4 is 12.3 Å². The van der Waals surface area contributed by atoms with E-state index in [0.717, 1.165) is 50.0 Å². The predicted molar refractivity (Wildman–Crippen MR) is 126 cm³/mol. The van der Waals surface area contributed by atoms with Gasteiger partial charge in [0.05, 0.1) is 5.69 Å². The molecule has 3 fully saturated rings. The van der Waals surface area contributed by atoms with Gasteiger partial charge in [-0.05, 0) is 64.0 Å². The lowest BCUT2D eigenvalue weighted by Crippen LogP contribution is -2.46. The standard InChI is InChI=1S/C16H19N5O.C7H11F3O.CH3NO/c1-11-8-12(18-10-17-11)13-9-14(20-19-13)15(22)21-7-3-2-4-16(21)5-6-16;8-7(9,10)6(11)4-2-1-3-5-6;2-1-3/h8-10H,2-7H2,1H3,(H,19,20);11H,1-5H2;1H,(H2,2,3). The molecule has 2 amide bonds. The number of carbonyl (C=O) groups is 2. The Morgan fingerprint density at radius 2 is 1.69 bits per heavy atom. The second kappa shape index (κ2) is 11.4. The summed E-state index contributed by atoms with van der Waals surface area (Å²) in [6.45, 7) is 2.77. The first kappa shape index (κ1) is 27.6. The number of H-pyrrole nitrogens is 1. The Bertz CT molecular complexity index is 1030. The van der Waals surface area contributed by atoms with Gasteiger partial charge in [0.2, 0.25) is 6.41 Å². The number of aromatic nitrogens is 4. The van der Waals surface area contributed by atoms with E-state index < -0.39 is 11.8 Å². The summed E-state index contributed by atoms with van der Waals surface area (Å²) in [6.07, 6.45) is 4.60. The molecule has 0 aromatic carbocycles. The minimum atomic E-state index is -4.44. The number of hydrogen-bond donors (Lipinski definition) is 3. The van der Waals surface area contributed by atoms with Gasteiger partial charge in [0, 0.05) is 17.8 Å². The molecule has 2 aliphatic carbocycles. The van der Waals surface area contributed by atoms with Crippen LogP contribution in [0.1, 0.15) is 80.4 Å². The summed E-state index contributed by atoms with van der Waals surface area (Å²) in [4.78, 5) is 31.7. The smallest absolute Gasteiger partial charge is 0.380 e. The van der Waals surface area contributed by atoms with Gasteiger partial charge in [-0.2, -0.15) is 18.3 Å². The highest BCUT2D eigenvalue weighted by molar-refractivity contribution is 5.94. The van der Waals surface area contributed by atoms with E-state index in [1.165, 1.54) is 12.7 Å². The van der Waals surface area contributed by atoms with Gasteiger partial charge >= 0.3 is 6.18 Å². The summed E-state index contributed by atoms with van der Waals surface area (Å²) in [5, 5.41) is 16.2. The van der Waals surface area contributed by atoms with Crippen LogP contribution >= 0.6 is 0 Å². The van der Waals surface area contributed by atoms with E-state index in [1.807, 2.05) is 13.0 Å². The number of aryl methyl sites for hydroxylation is 1. The summed E-state index contributed by atoms with van der Waals surface area (Å²) in [5.74, 6) is 0.0710. The summed E-state index contributed by atoms with van der Waals surface area (Å²) in [6, 6.07) is 3.67. The zero-order valence-electron chi connectivity index (χ0n) is 20.4. The number of nitrogens with one attached hydrogen (secondary N) is 1. The van der Waals surface area contributed by atoms with Crippen LogP contribution in [0.15, 0.2) is 18.5 Å². The molecule has 198 valence electrons. The number of piperidine rings is 1. The summed E-state index contributed by atoms with van der Waals surface area (Å²) in [7, 11) is 0. The van der Waals surface area contributed by atoms with Crippen molar-refractivity contribution in [1.82, 2.24) is 25.1 Å². The van der Waals surface area contributed by atoms with E-state index >= 15 is 0 Å². The van der Waals surface area contributed by atoms with Gasteiger partial charge in [-0.1, -0.05) is 19.3 Å². The number of primary amides is 1. The van der Waals surface area contributed by atoms with Crippen LogP contribution in [0.2, 0.25) is 0 Å². The number of carbonyl (C=O) groups excluding carboxylic acids is 2. The molecule has 0 atom stereocenters. The van der Waals surface area contributed by atoms with Crippen molar-refractivity contribution < 1.29 is 27.9 Å². The van der Waals surface area contributed by atoms with Gasteiger partial charge in [-0.3, -0.25) is 14.7 Å². The fraction of sp³-hybridized carbons (Fsp3) is 0.625. The van der Waals surface area contributed by atoms with Crippen molar-refractivity contribution in [3.8, 4) is 11.4 Å². The number of rotatable bonds is 2. The molecule has 0 unspecified atom stereocenters. The van der Waals surface area contributed by atoms with Crippen LogP contribution in [0.25, 0.3) is 11.4 Å². The van der Waals surface area contributed by atoms with E-state index in [-0.39, 0.29) is 30.7 Å². The summed E-state index contributed by atoms with van der Waals surface area (Å²) in [5.41, 5.74) is 4.80. The highest BCUT2D eigenvalue weighted by Crippen LogP contribution is 2.48. The molecule has 1 spiro atoms. The molecule has 2 saturated carbocycles. The number of amides is 2. The molecule has 9 nitrogen and oxygen atoms in total. The molecule has 4 N–H and O–H groups in total. The maximum absolute atomic E-state index is 12.8. The average molecular weight is 511 g/mol. The molecule has 0 bridgehead atoms. The summed E-state index contributed by atoms with van der Waals surface area (Å²) >= 11 is 0. The van der Waals surface area contributed by atoms with Crippen LogP contribution in [-0.4, -0.2) is 66.4 Å². The molecule has 36 heavy (non-hydrogen) atoms. The number of halogens is 3. The molecule has 3 heterocycles. The Morgan fingerprint density at radius 1 is 1.06 bits per heavy atom. The minimum Gasteiger partial charge on any atom is -0.380 e. The van der Waals surface area contributed by atoms with Gasteiger partial charge in [0.1, 0.15) is 17.7 Å². The highest BCUT2D eigenvalue weighted by atomic mass is 19.4. The van der Waals surface area contributed by atoms with Gasteiger partial charge < -0.3 is 15.7 Å². The van der Waals surface area contributed by atoms with Gasteiger partial charge in [-0.15, -0.1) is 0 Å². The SMILES string of the molecule is Cc1cc(-c2cc(C(=O)N3CCCCC34CC4)[nH]n2)ncn1.NC=O.OC1(C(F)(F)F)CCCCC1. The molecule has 2 aromatic heterocycles. The third kappa shape index (κ3) is 6.40. The Labute approximate surface area is 207 Å². The van der Waals surface area contributed by atoms with Crippen LogP contribution in [0.3, 0.4) is 0 Å². The first-order chi connectivity index (χ1) is 17.0. The summed E-state index contributed by atoms with van der Waals surface area (Å²) < 4.78 is 36.2. The number of nitrogens with zero attached hydrogens (tertiary/aromatic N) is 4. The van der Waals surface area contributed by atoms with E-state index in [9.17, 15) is 18.0 Å². The number of likely N-dealkylation sites (tertiary alicyclic amines) is 1. The number of hydrogen-bond acceptors (Lipinski definition) is 6. The molecule has 5 rings (SSSR count). The third-order valence-electron chi connectivity index (χ3n) is 7.00. The minimum absolute atomic E-state index is 0.0710. The number of alkyl halides is 3. The molecular formula is C24H33F3N6O3. The lowest BCUT2D eigenvalue weighted by molar-refractivity contribution is -0.269. The number of aromatic amines is 1. The third-order valence-corrected chi connectivity index (χ3v) is 7.00. The fourth-order valence-corrected chi connectivity index (χ4v) is 4.80. The lowest BCUT2D eigenvalue weighted by atomic mass is 9.84. The Morgan fingerprint density at radius 3 is 2.25 bits per heavy atom. The molecule has 1 saturated heterocycles. The maximum atomic E-state index is 12.8. The van der Waals surface area contributed by atoms with Crippen molar-refractivity contribution in [2.75, 3.05) is 6.54 Å². The van der Waals surface area contributed by atoms with Crippen molar-refractivity contribution in [2.24, 2.45) is 5.73 Å². The van der Waals surface area contributed by atoms with Gasteiger partial charge in [0.25, 0.3) is 5.91 Å². The first-order valence-corrected chi connectivity index (χ1v) is 12.2. The van der Waals surface area contributed by atoms with Gasteiger partial charge in [0.15, 0.2) is 5.60 Å². The van der Waals surface area contributed by atoms with Crippen molar-refractivity contribution in [3.05, 3.63) is 29.8 Å². The van der Waals surface area contributed by atoms with E-state index in [2.05, 4.69) is 30.8 Å². The molecular weight excluding hydrogens is 477 g/mol. The predicted octanol–water partition coefficient (Wildman–Crippen LogP) is 3.68. The molecule has 12 heteroatoms. The molecule has 3 aliphatic rings. The normalized spacial score (nSPS) is 19.9. The fourth-order valence-electron chi connectivity index (χ4n) is 4.80. The van der Waals surface area contributed by atoms with Crippen LogP contribution in [-0.2, 0) is 4.79 Å². The second-order valence-corrected chi connectivity index (χ2v) is 9.58. The van der Waals surface area contributed by atoms with Crippen LogP contribution in [0.5, 0.6) is 0 Å². The van der Waals surface area contributed by atoms with Crippen molar-refractivity contribution in [1.29, 1.82) is 0 Å². The van der Waals surface area contributed by atoms with Crippen molar-refractivity contribution in [2.45, 2.75) is 88.4 Å². The van der Waals surface area contributed by atoms with E-state index in [0.29, 0.717) is 24.2 Å². The van der Waals surface area contributed by atoms with Crippen LogP contribution < -0.4 is 5.73 Å². The topological polar surface area (TPSA) is 138 Å². The number of nitrogens with two attached hydrogens (primary N) is 1. The van der Waals surface area contributed by atoms with E-state index in [1.54, 1.807) is 6.07 Å². The number of aliphatic hydroxyl groups is 1. The monoisotopic (exact) mass is 510 g/mol. The Hall–Kier alpha value is -3.02. The maximum Gasteiger partial charge on any atom is 0.417 e. The molecule has 1 aliphatic heterocycles. The van der Waals surface area contributed by atoms with Crippen LogP contribution in [0.4, 0.5) is 13.2 Å². The average Bonchev–Trinajstić information content (AvgIpc) is 3.41. The molecule has 0 radical (unpaired) electrons. The Balaban J connectivity index is 0.000000217. The molecule has 2 aromatic rings. The van der Waals surface area contributed by atoms with Gasteiger partial charge in [-0.25, -0.2) is 9.97 Å². The zero-order valence-corrected chi connectivity index (χ0v) is 20.4. The first-order valence-electron chi connectivity index (χ1n) is 12.2. The van der Waals surface area contributed by atoms with Crippen LogP contribution in [0, 0.1) is 6.92 Å². The second-order valence-electron chi connectivity index (χ2n) is 9.58. The highest BCUT2D eigenvalue weighted by Gasteiger charge is 2.53. The quantitative estimate of drug-likeness (QED) is 0.527. The van der Waals surface area contributed by atoms with E-state index in [4.69, 9.17) is 9.90 Å². The zero-order chi connectivity index (χ0) is 26.4. The lowest BCUT2D eigenvalue weighted by Gasteiger charge is -2.35. The Kier molecular flexibility index (Phi) is 8.70.